The number of piperazine rings is 1. The molecule has 2 unspecified atom stereocenters. The fourth-order valence-corrected chi connectivity index (χ4v) is 3.68. The van der Waals surface area contributed by atoms with Crippen molar-refractivity contribution in [3.05, 3.63) is 54.1 Å². The molecule has 4 rings (SSSR count). The van der Waals surface area contributed by atoms with Crippen LogP contribution in [0.25, 0.3) is 0 Å². The number of rotatable bonds is 3. The van der Waals surface area contributed by atoms with Crippen molar-refractivity contribution in [2.45, 2.75) is 31.2 Å². The Morgan fingerprint density at radius 2 is 1.92 bits per heavy atom. The fourth-order valence-electron chi connectivity index (χ4n) is 3.68. The van der Waals surface area contributed by atoms with Crippen LogP contribution in [0, 0.1) is 0 Å². The number of nitrogens with zero attached hydrogens (tertiary/aromatic N) is 4. The molecule has 4 heterocycles. The van der Waals surface area contributed by atoms with E-state index in [-0.39, 0.29) is 0 Å². The standard InChI is InChI=1S/C17H17F3N4/c18-17(19,20)16-5-4-13(8-22-16)24-11-14-7-15(24)10-23(14)9-12-3-1-2-6-21-12/h1-6,8,14-15H,7,9-11H2. The largest absolute Gasteiger partial charge is 0.433 e. The zero-order valence-corrected chi connectivity index (χ0v) is 12.9. The van der Waals surface area contributed by atoms with Crippen LogP contribution < -0.4 is 4.90 Å². The topological polar surface area (TPSA) is 32.3 Å². The number of pyridine rings is 2. The molecule has 2 atom stereocenters. The van der Waals surface area contributed by atoms with Crippen molar-refractivity contribution < 1.29 is 13.2 Å². The summed E-state index contributed by atoms with van der Waals surface area (Å²) in [4.78, 5) is 12.5. The minimum absolute atomic E-state index is 0.331. The van der Waals surface area contributed by atoms with Gasteiger partial charge in [0.1, 0.15) is 5.69 Å². The van der Waals surface area contributed by atoms with Crippen LogP contribution in [0.15, 0.2) is 42.7 Å². The van der Waals surface area contributed by atoms with Crippen LogP contribution in [0.3, 0.4) is 0 Å². The van der Waals surface area contributed by atoms with Crippen LogP contribution in [0.5, 0.6) is 0 Å². The lowest BCUT2D eigenvalue weighted by Crippen LogP contribution is -2.46. The number of fused-ring (bicyclic) bond motifs is 2. The van der Waals surface area contributed by atoms with Crippen molar-refractivity contribution in [3.63, 3.8) is 0 Å². The second-order valence-electron chi connectivity index (χ2n) is 6.35. The molecule has 2 aromatic rings. The molecule has 2 fully saturated rings. The Labute approximate surface area is 137 Å². The van der Waals surface area contributed by atoms with E-state index in [2.05, 4.69) is 19.8 Å². The summed E-state index contributed by atoms with van der Waals surface area (Å²) >= 11 is 0. The lowest BCUT2D eigenvalue weighted by Gasteiger charge is -2.35. The minimum atomic E-state index is -4.39. The Morgan fingerprint density at radius 1 is 1.04 bits per heavy atom. The van der Waals surface area contributed by atoms with Gasteiger partial charge >= 0.3 is 6.18 Å². The van der Waals surface area contributed by atoms with Crippen LogP contribution in [0.2, 0.25) is 0 Å². The lowest BCUT2D eigenvalue weighted by molar-refractivity contribution is -0.141. The molecule has 2 aliphatic rings. The predicted molar refractivity (Wildman–Crippen MR) is 83.4 cm³/mol. The summed E-state index contributed by atoms with van der Waals surface area (Å²) in [5, 5.41) is 0. The molecule has 24 heavy (non-hydrogen) atoms. The first kappa shape index (κ1) is 15.4. The van der Waals surface area contributed by atoms with Gasteiger partial charge in [-0.15, -0.1) is 0 Å². The molecular formula is C17H17F3N4. The maximum Gasteiger partial charge on any atom is 0.433 e. The molecule has 0 aliphatic carbocycles. The second kappa shape index (κ2) is 5.73. The third-order valence-corrected chi connectivity index (χ3v) is 4.82. The van der Waals surface area contributed by atoms with Gasteiger partial charge in [0.05, 0.1) is 17.6 Å². The van der Waals surface area contributed by atoms with E-state index in [0.717, 1.165) is 43.5 Å². The van der Waals surface area contributed by atoms with Gasteiger partial charge in [-0.2, -0.15) is 13.2 Å². The van der Waals surface area contributed by atoms with Gasteiger partial charge in [0.15, 0.2) is 0 Å². The highest BCUT2D eigenvalue weighted by molar-refractivity contribution is 5.48. The Bertz CT molecular complexity index is 702. The summed E-state index contributed by atoms with van der Waals surface area (Å²) in [5.41, 5.74) is 0.980. The average molecular weight is 334 g/mol. The van der Waals surface area contributed by atoms with Crippen LogP contribution in [-0.4, -0.2) is 40.0 Å². The summed E-state index contributed by atoms with van der Waals surface area (Å²) in [6.45, 7) is 2.55. The van der Waals surface area contributed by atoms with Gasteiger partial charge in [-0.25, -0.2) is 4.98 Å². The molecule has 2 bridgehead atoms. The normalized spacial score (nSPS) is 23.9. The van der Waals surface area contributed by atoms with E-state index in [9.17, 15) is 13.2 Å². The first-order valence-corrected chi connectivity index (χ1v) is 7.94. The molecule has 2 aromatic heterocycles. The van der Waals surface area contributed by atoms with Gasteiger partial charge in [-0.05, 0) is 30.7 Å². The van der Waals surface area contributed by atoms with Crippen molar-refractivity contribution in [3.8, 4) is 0 Å². The van der Waals surface area contributed by atoms with Crippen molar-refractivity contribution >= 4 is 5.69 Å². The van der Waals surface area contributed by atoms with E-state index in [4.69, 9.17) is 0 Å². The minimum Gasteiger partial charge on any atom is -0.364 e. The number of hydrogen-bond donors (Lipinski definition) is 0. The number of hydrogen-bond acceptors (Lipinski definition) is 4. The van der Waals surface area contributed by atoms with Gasteiger partial charge in [0.2, 0.25) is 0 Å². The quantitative estimate of drug-likeness (QED) is 0.864. The molecule has 0 saturated carbocycles. The van der Waals surface area contributed by atoms with Crippen molar-refractivity contribution in [2.24, 2.45) is 0 Å². The molecule has 0 aromatic carbocycles. The Hall–Kier alpha value is -2.15. The van der Waals surface area contributed by atoms with E-state index >= 15 is 0 Å². The Morgan fingerprint density at radius 3 is 2.50 bits per heavy atom. The van der Waals surface area contributed by atoms with Crippen LogP contribution in [0.1, 0.15) is 17.8 Å². The predicted octanol–water partition coefficient (Wildman–Crippen LogP) is 2.96. The highest BCUT2D eigenvalue weighted by Crippen LogP contribution is 2.36. The Balaban J connectivity index is 1.43. The molecule has 4 nitrogen and oxygen atoms in total. The molecule has 2 saturated heterocycles. The van der Waals surface area contributed by atoms with Crippen molar-refractivity contribution in [2.75, 3.05) is 18.0 Å². The summed E-state index contributed by atoms with van der Waals surface area (Å²) in [7, 11) is 0. The zero-order valence-electron chi connectivity index (χ0n) is 12.9. The van der Waals surface area contributed by atoms with E-state index in [0.29, 0.717) is 12.1 Å². The Kier molecular flexibility index (Phi) is 3.68. The maximum atomic E-state index is 12.6. The summed E-state index contributed by atoms with van der Waals surface area (Å²) < 4.78 is 37.8. The number of alkyl halides is 3. The van der Waals surface area contributed by atoms with Crippen LogP contribution >= 0.6 is 0 Å². The van der Waals surface area contributed by atoms with Gasteiger partial charge in [0.25, 0.3) is 0 Å². The SMILES string of the molecule is FC(F)(F)c1ccc(N2CC3CC2CN3Cc2ccccn2)cn1. The first-order valence-electron chi connectivity index (χ1n) is 7.94. The lowest BCUT2D eigenvalue weighted by atomic mass is 10.2. The second-order valence-corrected chi connectivity index (χ2v) is 6.35. The highest BCUT2D eigenvalue weighted by Gasteiger charge is 2.43. The molecule has 7 heteroatoms. The van der Waals surface area contributed by atoms with Gasteiger partial charge in [-0.3, -0.25) is 9.88 Å². The van der Waals surface area contributed by atoms with E-state index in [1.807, 2.05) is 18.2 Å². The first-order chi connectivity index (χ1) is 11.5. The third kappa shape index (κ3) is 2.84. The third-order valence-electron chi connectivity index (χ3n) is 4.82. The molecule has 0 N–H and O–H groups in total. The van der Waals surface area contributed by atoms with Crippen LogP contribution in [0.4, 0.5) is 18.9 Å². The number of aromatic nitrogens is 2. The molecule has 2 aliphatic heterocycles. The van der Waals surface area contributed by atoms with E-state index in [1.54, 1.807) is 6.20 Å². The van der Waals surface area contributed by atoms with Gasteiger partial charge < -0.3 is 4.90 Å². The maximum absolute atomic E-state index is 12.6. The molecule has 0 spiro atoms. The smallest absolute Gasteiger partial charge is 0.364 e. The zero-order chi connectivity index (χ0) is 16.7. The van der Waals surface area contributed by atoms with Gasteiger partial charge in [0, 0.05) is 37.9 Å². The molecule has 0 amide bonds. The highest BCUT2D eigenvalue weighted by atomic mass is 19.4. The van der Waals surface area contributed by atoms with E-state index < -0.39 is 11.9 Å². The van der Waals surface area contributed by atoms with Crippen molar-refractivity contribution in [1.29, 1.82) is 0 Å². The van der Waals surface area contributed by atoms with Crippen LogP contribution in [-0.2, 0) is 12.7 Å². The number of halogens is 3. The average Bonchev–Trinajstić information content (AvgIpc) is 3.15. The fraction of sp³-hybridized carbons (Fsp3) is 0.412. The summed E-state index contributed by atoms with van der Waals surface area (Å²) in [5.74, 6) is 0. The molecule has 0 radical (unpaired) electrons. The summed E-state index contributed by atoms with van der Waals surface area (Å²) in [6, 6.07) is 9.24. The molecule has 126 valence electrons. The molecular weight excluding hydrogens is 317 g/mol. The number of anilines is 1. The monoisotopic (exact) mass is 334 g/mol. The number of likely N-dealkylation sites (tertiary alicyclic amines) is 1. The van der Waals surface area contributed by atoms with Gasteiger partial charge in [-0.1, -0.05) is 6.07 Å². The summed E-state index contributed by atoms with van der Waals surface area (Å²) in [6.07, 6.45) is -0.216. The van der Waals surface area contributed by atoms with E-state index in [1.165, 1.54) is 12.3 Å². The van der Waals surface area contributed by atoms with Crippen molar-refractivity contribution in [1.82, 2.24) is 14.9 Å².